The van der Waals surface area contributed by atoms with Crippen molar-refractivity contribution in [2.75, 3.05) is 93.5 Å². The van der Waals surface area contributed by atoms with Crippen molar-refractivity contribution in [1.29, 1.82) is 0 Å². The van der Waals surface area contributed by atoms with Gasteiger partial charge in [0.05, 0.1) is 79.3 Å². The van der Waals surface area contributed by atoms with Gasteiger partial charge in [0.15, 0.2) is 8.60 Å². The smallest absolute Gasteiger partial charge is 0.178 e. The molecule has 1 unspecified atom stereocenters. The van der Waals surface area contributed by atoms with Gasteiger partial charge in [0.1, 0.15) is 8.96 Å². The minimum atomic E-state index is 0.0433. The van der Waals surface area contributed by atoms with E-state index in [-0.39, 0.29) is 8.96 Å². The summed E-state index contributed by atoms with van der Waals surface area (Å²) in [5.41, 5.74) is 0. The monoisotopic (exact) mass is 403 g/mol. The van der Waals surface area contributed by atoms with Crippen LogP contribution in [-0.4, -0.2) is 93.5 Å². The lowest BCUT2D eigenvalue weighted by Gasteiger charge is -2.05. The average molecular weight is 403 g/mol. The quantitative estimate of drug-likeness (QED) is 0.212. The highest BCUT2D eigenvalue weighted by Gasteiger charge is 1.92. The molecule has 0 aliphatic heterocycles. The first-order chi connectivity index (χ1) is 12.4. The van der Waals surface area contributed by atoms with Crippen molar-refractivity contribution in [3.05, 3.63) is 0 Å². The Morgan fingerprint density at radius 1 is 0.600 bits per heavy atom. The summed E-state index contributed by atoms with van der Waals surface area (Å²) in [6.45, 7) is 6.60. The van der Waals surface area contributed by atoms with Gasteiger partial charge in [0, 0.05) is 14.2 Å². The van der Waals surface area contributed by atoms with Crippen LogP contribution in [0.3, 0.4) is 0 Å². The third-order valence-electron chi connectivity index (χ3n) is 2.46. The van der Waals surface area contributed by atoms with E-state index in [2.05, 4.69) is 4.52 Å². The molecule has 9 nitrogen and oxygen atoms in total. The SMILES string of the molecule is COCCOCCOCCOP=NPOCCOCCOCCOC. The molecule has 0 N–H and O–H groups in total. The van der Waals surface area contributed by atoms with E-state index in [1.54, 1.807) is 14.2 Å². The lowest BCUT2D eigenvalue weighted by molar-refractivity contribution is 0.0189. The van der Waals surface area contributed by atoms with Gasteiger partial charge in [-0.3, -0.25) is 0 Å². The maximum absolute atomic E-state index is 5.33. The van der Waals surface area contributed by atoms with E-state index in [1.165, 1.54) is 0 Å². The normalized spacial score (nSPS) is 12.1. The predicted octanol–water partition coefficient (Wildman–Crippen LogP) is 1.93. The molecule has 0 radical (unpaired) electrons. The molecule has 0 bridgehead atoms. The van der Waals surface area contributed by atoms with Crippen molar-refractivity contribution in [1.82, 2.24) is 0 Å². The standard InChI is InChI=1S/C14H31NO8P2/c1-16-3-5-18-7-9-20-11-13-22-24-15-25-23-14-12-21-10-8-19-6-4-17-2/h24H,3-14H2,1-2H3. The van der Waals surface area contributed by atoms with Gasteiger partial charge in [-0.15, -0.1) is 0 Å². The van der Waals surface area contributed by atoms with Crippen LogP contribution >= 0.6 is 17.6 Å². The predicted molar refractivity (Wildman–Crippen MR) is 96.6 cm³/mol. The first-order valence-electron chi connectivity index (χ1n) is 8.09. The molecule has 0 aromatic carbocycles. The van der Waals surface area contributed by atoms with Crippen LogP contribution in [0, 0.1) is 0 Å². The Morgan fingerprint density at radius 3 is 1.56 bits per heavy atom. The zero-order chi connectivity index (χ0) is 18.3. The molecular weight excluding hydrogens is 372 g/mol. The van der Waals surface area contributed by atoms with Crippen molar-refractivity contribution in [2.45, 2.75) is 0 Å². The number of nitrogens with zero attached hydrogens (tertiary/aromatic N) is 1. The summed E-state index contributed by atoms with van der Waals surface area (Å²) < 4.78 is 45.5. The number of rotatable bonds is 21. The minimum absolute atomic E-state index is 0.0433. The Labute approximate surface area is 153 Å². The molecule has 0 amide bonds. The molecule has 150 valence electrons. The summed E-state index contributed by atoms with van der Waals surface area (Å²) >= 11 is 0. The third-order valence-corrected chi connectivity index (χ3v) is 3.74. The lowest BCUT2D eigenvalue weighted by Crippen LogP contribution is -2.10. The Bertz CT molecular complexity index is 277. The fourth-order valence-corrected chi connectivity index (χ4v) is 2.21. The van der Waals surface area contributed by atoms with Gasteiger partial charge in [0.25, 0.3) is 0 Å². The fraction of sp³-hybridized carbons (Fsp3) is 1.00. The van der Waals surface area contributed by atoms with Crippen LogP contribution in [0.5, 0.6) is 0 Å². The van der Waals surface area contributed by atoms with Crippen molar-refractivity contribution in [2.24, 2.45) is 4.52 Å². The van der Waals surface area contributed by atoms with Gasteiger partial charge in [0.2, 0.25) is 0 Å². The van der Waals surface area contributed by atoms with Crippen LogP contribution in [0.4, 0.5) is 0 Å². The van der Waals surface area contributed by atoms with E-state index >= 15 is 0 Å². The van der Waals surface area contributed by atoms with Crippen molar-refractivity contribution >= 4 is 17.6 Å². The highest BCUT2D eigenvalue weighted by Crippen LogP contribution is 2.20. The summed E-state index contributed by atoms with van der Waals surface area (Å²) in [6.07, 6.45) is 0. The summed E-state index contributed by atoms with van der Waals surface area (Å²) in [4.78, 5) is 0. The molecule has 0 saturated carbocycles. The van der Waals surface area contributed by atoms with Crippen molar-refractivity contribution in [3.8, 4) is 0 Å². The fourth-order valence-electron chi connectivity index (χ4n) is 1.29. The van der Waals surface area contributed by atoms with Crippen LogP contribution in [0.15, 0.2) is 4.52 Å². The molecule has 0 aliphatic carbocycles. The second-order valence-electron chi connectivity index (χ2n) is 4.39. The van der Waals surface area contributed by atoms with Crippen LogP contribution in [0.2, 0.25) is 0 Å². The van der Waals surface area contributed by atoms with E-state index in [4.69, 9.17) is 37.5 Å². The van der Waals surface area contributed by atoms with E-state index in [9.17, 15) is 0 Å². The van der Waals surface area contributed by atoms with E-state index < -0.39 is 0 Å². The third kappa shape index (κ3) is 24.2. The van der Waals surface area contributed by atoms with Gasteiger partial charge in [-0.25, -0.2) is 0 Å². The molecule has 11 heteroatoms. The topological polar surface area (TPSA) is 86.2 Å². The summed E-state index contributed by atoms with van der Waals surface area (Å²) in [5, 5.41) is 0. The van der Waals surface area contributed by atoms with E-state index in [0.717, 1.165) is 0 Å². The van der Waals surface area contributed by atoms with Gasteiger partial charge in [-0.05, 0) is 0 Å². The van der Waals surface area contributed by atoms with Gasteiger partial charge in [-0.2, -0.15) is 4.52 Å². The number of hydrogen-bond acceptors (Lipinski definition) is 9. The number of methoxy groups -OCH3 is 2. The largest absolute Gasteiger partial charge is 0.382 e. The summed E-state index contributed by atoms with van der Waals surface area (Å²) in [7, 11) is 3.87. The molecule has 0 aromatic rings. The maximum atomic E-state index is 5.33. The van der Waals surface area contributed by atoms with Crippen LogP contribution in [-0.2, 0) is 37.5 Å². The maximum Gasteiger partial charge on any atom is 0.178 e. The molecule has 0 fully saturated rings. The van der Waals surface area contributed by atoms with E-state index in [1.807, 2.05) is 0 Å². The Kier molecular flexibility index (Phi) is 24.4. The van der Waals surface area contributed by atoms with Crippen molar-refractivity contribution < 1.29 is 37.5 Å². The molecule has 0 aliphatic rings. The Balaban J connectivity index is 3.04. The lowest BCUT2D eigenvalue weighted by atomic mass is 10.7. The summed E-state index contributed by atoms with van der Waals surface area (Å²) in [5.74, 6) is 0. The molecule has 1 atom stereocenters. The average Bonchev–Trinajstić information content (AvgIpc) is 2.63. The molecule has 0 spiro atoms. The highest BCUT2D eigenvalue weighted by atomic mass is 31.1. The summed E-state index contributed by atoms with van der Waals surface area (Å²) in [6, 6.07) is 0. The zero-order valence-corrected chi connectivity index (χ0v) is 17.0. The first-order valence-corrected chi connectivity index (χ1v) is 9.71. The second-order valence-corrected chi connectivity index (χ2v) is 6.08. The first kappa shape index (κ1) is 25.2. The number of hydrogen-bond donors (Lipinski definition) is 0. The van der Waals surface area contributed by atoms with Gasteiger partial charge in [-0.1, -0.05) is 0 Å². The molecule has 25 heavy (non-hydrogen) atoms. The minimum Gasteiger partial charge on any atom is -0.382 e. The second kappa shape index (κ2) is 24.2. The highest BCUT2D eigenvalue weighted by molar-refractivity contribution is 7.39. The number of ether oxygens (including phenoxy) is 6. The Hall–Kier alpha value is 0.210. The van der Waals surface area contributed by atoms with Gasteiger partial charge >= 0.3 is 0 Å². The van der Waals surface area contributed by atoms with Crippen LogP contribution in [0.25, 0.3) is 0 Å². The zero-order valence-electron chi connectivity index (χ0n) is 15.1. The molecule has 0 rings (SSSR count). The Morgan fingerprint density at radius 2 is 1.04 bits per heavy atom. The molecule has 0 aromatic heterocycles. The van der Waals surface area contributed by atoms with E-state index in [0.29, 0.717) is 87.9 Å². The van der Waals surface area contributed by atoms with Crippen LogP contribution in [0.1, 0.15) is 0 Å². The van der Waals surface area contributed by atoms with Crippen LogP contribution < -0.4 is 0 Å². The van der Waals surface area contributed by atoms with Gasteiger partial charge < -0.3 is 37.5 Å². The van der Waals surface area contributed by atoms with Crippen molar-refractivity contribution in [3.63, 3.8) is 0 Å². The molecular formula is C14H31NO8P2. The molecule has 0 heterocycles. The molecule has 0 saturated heterocycles.